The van der Waals surface area contributed by atoms with Crippen LogP contribution in [0, 0.1) is 32.1 Å². The summed E-state index contributed by atoms with van der Waals surface area (Å²) in [6.07, 6.45) is -1.79. The molecule has 7 N–H and O–H groups in total. The number of aliphatic hydroxyl groups is 1. The highest BCUT2D eigenvalue weighted by Crippen LogP contribution is 2.66. The Kier molecular flexibility index (Phi) is 14.3. The number of nitrogens with zero attached hydrogens (tertiary/aromatic N) is 3. The Balaban J connectivity index is 1.49. The van der Waals surface area contributed by atoms with Gasteiger partial charge in [0.25, 0.3) is 16.9 Å². The maximum Gasteiger partial charge on any atom is 0.490 e. The third-order valence-corrected chi connectivity index (χ3v) is 10.5. The molecule has 280 valence electrons. The zero-order chi connectivity index (χ0) is 38.1. The number of carbonyl (C=O) groups is 1. The molecule has 27 heteroatoms. The Bertz CT molecular complexity index is 1970. The predicted octanol–water partition coefficient (Wildman–Crippen LogP) is 0.615. The second kappa shape index (κ2) is 17.5. The number of hydrogen-bond donors (Lipinski definition) is 7. The molecular formula is C24H30N5O19P3. The zero-order valence-electron chi connectivity index (χ0n) is 25.8. The van der Waals surface area contributed by atoms with Gasteiger partial charge in [-0.3, -0.25) is 43.9 Å². The number of non-ortho nitro benzene ring substituents is 1. The molecule has 3 rings (SSSR count). The van der Waals surface area contributed by atoms with E-state index in [1.807, 2.05) is 4.98 Å². The third kappa shape index (κ3) is 13.3. The van der Waals surface area contributed by atoms with Gasteiger partial charge in [-0.1, -0.05) is 18.3 Å². The van der Waals surface area contributed by atoms with Crippen LogP contribution < -0.4 is 16.6 Å². The molecule has 1 amide bonds. The lowest BCUT2D eigenvalue weighted by Gasteiger charge is -2.19. The van der Waals surface area contributed by atoms with Crippen LogP contribution >= 0.6 is 23.5 Å². The first-order chi connectivity index (χ1) is 23.7. The van der Waals surface area contributed by atoms with E-state index in [9.17, 15) is 63.2 Å². The van der Waals surface area contributed by atoms with Crippen molar-refractivity contribution in [2.45, 2.75) is 57.0 Å². The molecule has 1 saturated heterocycles. The van der Waals surface area contributed by atoms with Crippen LogP contribution in [0.4, 0.5) is 11.4 Å². The number of aliphatic hydroxyl groups excluding tert-OH is 1. The van der Waals surface area contributed by atoms with E-state index >= 15 is 0 Å². The van der Waals surface area contributed by atoms with E-state index in [-0.39, 0.29) is 43.0 Å². The molecule has 0 aliphatic carbocycles. The van der Waals surface area contributed by atoms with E-state index < -0.39 is 75.3 Å². The summed E-state index contributed by atoms with van der Waals surface area (Å²) in [5.74, 6) is 4.62. The molecule has 0 bridgehead atoms. The number of phosphoric acid groups is 3. The molecule has 1 aromatic carbocycles. The fourth-order valence-electron chi connectivity index (χ4n) is 4.49. The van der Waals surface area contributed by atoms with Gasteiger partial charge in [0.1, 0.15) is 17.9 Å². The first kappa shape index (κ1) is 41.5. The second-order valence-electron chi connectivity index (χ2n) is 10.5. The standard InChI is InChI=1S/C24H30N5O19P3/c30-19-12-22(46-20(19)14-45-50(41,42)48-51(43,44)47-49(38,39)40)27-13-16(23(32)26-24(27)33)6-4-10-25-21(31)7-3-1-2-5-15-8-9-17(28(34)35)11-18(15)29(36)37/h8-9,11,13,19-20,22,30H,1-3,5,7,10,12,14H2,(H,25,31)(H,41,42)(H,43,44)(H,26,32,33)(H2,38,39,40)/t19-,20+,22+/m0/s1. The summed E-state index contributed by atoms with van der Waals surface area (Å²) in [7, 11) is -16.9. The Hall–Kier alpha value is -3.94. The molecule has 1 aliphatic rings. The fraction of sp³-hybridized carbons (Fsp3) is 0.458. The number of rotatable bonds is 17. The van der Waals surface area contributed by atoms with Crippen LogP contribution in [0.1, 0.15) is 49.5 Å². The molecule has 5 atom stereocenters. The van der Waals surface area contributed by atoms with Crippen LogP contribution in [-0.4, -0.2) is 75.3 Å². The van der Waals surface area contributed by atoms with Gasteiger partial charge in [-0.05, 0) is 25.3 Å². The molecule has 1 aromatic heterocycles. The van der Waals surface area contributed by atoms with Crippen molar-refractivity contribution in [1.29, 1.82) is 0 Å². The SMILES string of the molecule is O=C(CCCCCc1ccc([N+](=O)[O-])cc1[N+](=O)[O-])NCC#Cc1cn([C@H]2C[C@H](O)[C@@H](COP(=O)(O)OP(=O)(O)OP(=O)(O)O)O2)c(=O)[nH]c1=O. The number of nitrogens with one attached hydrogen (secondary N) is 2. The van der Waals surface area contributed by atoms with Crippen LogP contribution in [0.2, 0.25) is 0 Å². The summed E-state index contributed by atoms with van der Waals surface area (Å²) < 4.78 is 52.1. The first-order valence-electron chi connectivity index (χ1n) is 14.3. The summed E-state index contributed by atoms with van der Waals surface area (Å²) in [6.45, 7) is -1.19. The lowest BCUT2D eigenvalue weighted by atomic mass is 10.0. The van der Waals surface area contributed by atoms with Crippen molar-refractivity contribution in [2.75, 3.05) is 13.2 Å². The lowest BCUT2D eigenvalue weighted by Crippen LogP contribution is -2.33. The molecule has 1 aliphatic heterocycles. The van der Waals surface area contributed by atoms with Crippen molar-refractivity contribution < 1.29 is 70.9 Å². The molecule has 24 nitrogen and oxygen atoms in total. The molecule has 51 heavy (non-hydrogen) atoms. The molecule has 2 heterocycles. The van der Waals surface area contributed by atoms with Gasteiger partial charge < -0.3 is 34.7 Å². The van der Waals surface area contributed by atoms with Crippen molar-refractivity contribution >= 4 is 40.8 Å². The number of nitro groups is 2. The Morgan fingerprint density at radius 3 is 2.41 bits per heavy atom. The average Bonchev–Trinajstić information content (AvgIpc) is 3.36. The average molecular weight is 785 g/mol. The largest absolute Gasteiger partial charge is 0.490 e. The minimum atomic E-state index is -5.78. The van der Waals surface area contributed by atoms with Gasteiger partial charge >= 0.3 is 29.2 Å². The number of nitro benzene ring substituents is 2. The number of ether oxygens (including phenoxy) is 1. The quantitative estimate of drug-likeness (QED) is 0.0380. The van der Waals surface area contributed by atoms with Crippen LogP contribution in [0.15, 0.2) is 34.0 Å². The number of hydrogen-bond acceptors (Lipinski definition) is 15. The molecule has 0 spiro atoms. The van der Waals surface area contributed by atoms with Crippen molar-refractivity contribution in [3.05, 3.63) is 76.6 Å². The highest BCUT2D eigenvalue weighted by Gasteiger charge is 2.43. The van der Waals surface area contributed by atoms with Gasteiger partial charge in [-0.25, -0.2) is 18.5 Å². The number of unbranched alkanes of at least 4 members (excludes halogenated alkanes) is 2. The first-order valence-corrected chi connectivity index (χ1v) is 18.8. The number of aryl methyl sites for hydroxylation is 1. The number of H-pyrrole nitrogens is 1. The number of aromatic amines is 1. The van der Waals surface area contributed by atoms with Gasteiger partial charge in [0.15, 0.2) is 0 Å². The van der Waals surface area contributed by atoms with Crippen LogP contribution in [0.3, 0.4) is 0 Å². The monoisotopic (exact) mass is 785 g/mol. The smallest absolute Gasteiger partial charge is 0.390 e. The van der Waals surface area contributed by atoms with Crippen molar-refractivity contribution in [3.63, 3.8) is 0 Å². The Morgan fingerprint density at radius 1 is 1.06 bits per heavy atom. The van der Waals surface area contributed by atoms with E-state index in [1.165, 1.54) is 12.1 Å². The topological polar surface area (TPSA) is 360 Å². The van der Waals surface area contributed by atoms with Crippen molar-refractivity contribution in [1.82, 2.24) is 14.9 Å². The van der Waals surface area contributed by atoms with Crippen molar-refractivity contribution in [3.8, 4) is 11.8 Å². The predicted molar refractivity (Wildman–Crippen MR) is 167 cm³/mol. The number of carbonyl (C=O) groups excluding carboxylic acids is 1. The zero-order valence-corrected chi connectivity index (χ0v) is 28.5. The summed E-state index contributed by atoms with van der Waals surface area (Å²) in [5, 5.41) is 34.9. The fourth-order valence-corrected chi connectivity index (χ4v) is 7.52. The molecule has 2 aromatic rings. The molecule has 2 unspecified atom stereocenters. The van der Waals surface area contributed by atoms with Gasteiger partial charge in [0.2, 0.25) is 5.91 Å². The third-order valence-electron chi connectivity index (χ3n) is 6.72. The van der Waals surface area contributed by atoms with E-state index in [2.05, 4.69) is 30.3 Å². The maximum absolute atomic E-state index is 12.4. The molecule has 1 fully saturated rings. The minimum Gasteiger partial charge on any atom is -0.390 e. The summed E-state index contributed by atoms with van der Waals surface area (Å²) in [6, 6.07) is 3.40. The van der Waals surface area contributed by atoms with Crippen LogP contribution in [-0.2, 0) is 42.8 Å². The summed E-state index contributed by atoms with van der Waals surface area (Å²) in [4.78, 5) is 95.6. The minimum absolute atomic E-state index is 0.0834. The normalized spacial score (nSPS) is 19.7. The van der Waals surface area contributed by atoms with Crippen LogP contribution in [0.5, 0.6) is 0 Å². The Morgan fingerprint density at radius 2 is 1.76 bits per heavy atom. The highest BCUT2D eigenvalue weighted by molar-refractivity contribution is 7.66. The van der Waals surface area contributed by atoms with E-state index in [0.29, 0.717) is 24.8 Å². The highest BCUT2D eigenvalue weighted by atomic mass is 31.3. The number of phosphoric ester groups is 1. The maximum atomic E-state index is 12.4. The van der Waals surface area contributed by atoms with E-state index in [4.69, 9.17) is 14.5 Å². The molecule has 0 saturated carbocycles. The van der Waals surface area contributed by atoms with E-state index in [0.717, 1.165) is 16.8 Å². The van der Waals surface area contributed by atoms with Crippen molar-refractivity contribution in [2.24, 2.45) is 0 Å². The Labute approximate surface area is 285 Å². The summed E-state index contributed by atoms with van der Waals surface area (Å²) in [5.41, 5.74) is -2.57. The lowest BCUT2D eigenvalue weighted by molar-refractivity contribution is -0.394. The van der Waals surface area contributed by atoms with Gasteiger partial charge in [-0.2, -0.15) is 8.62 Å². The number of aromatic nitrogens is 2. The molecular weight excluding hydrogens is 755 g/mol. The summed E-state index contributed by atoms with van der Waals surface area (Å²) >= 11 is 0. The van der Waals surface area contributed by atoms with Gasteiger partial charge in [0, 0.05) is 30.7 Å². The van der Waals surface area contributed by atoms with Gasteiger partial charge in [-0.15, -0.1) is 0 Å². The van der Waals surface area contributed by atoms with Gasteiger partial charge in [0.05, 0.1) is 35.2 Å². The van der Waals surface area contributed by atoms with Crippen LogP contribution in [0.25, 0.3) is 0 Å². The molecule has 0 radical (unpaired) electrons. The number of amides is 1. The second-order valence-corrected chi connectivity index (χ2v) is 14.9. The number of benzene rings is 1. The van der Waals surface area contributed by atoms with E-state index in [1.54, 1.807) is 0 Å².